The highest BCUT2D eigenvalue weighted by atomic mass is 16.5. The van der Waals surface area contributed by atoms with Crippen LogP contribution in [-0.2, 0) is 4.74 Å². The van der Waals surface area contributed by atoms with Gasteiger partial charge in [0.05, 0.1) is 0 Å². The van der Waals surface area contributed by atoms with E-state index in [1.165, 1.54) is 45.3 Å². The molecule has 2 heterocycles. The molecule has 2 aliphatic heterocycles. The fourth-order valence-electron chi connectivity index (χ4n) is 2.66. The number of ether oxygens (including phenoxy) is 1. The van der Waals surface area contributed by atoms with E-state index >= 15 is 0 Å². The summed E-state index contributed by atoms with van der Waals surface area (Å²) in [5, 5.41) is 3.44. The molecular weight excluding hydrogens is 188 g/mol. The molecule has 0 bridgehead atoms. The van der Waals surface area contributed by atoms with Crippen molar-refractivity contribution in [2.24, 2.45) is 5.92 Å². The molecule has 0 aliphatic carbocycles. The number of hydrogen-bond donors (Lipinski definition) is 1. The van der Waals surface area contributed by atoms with Crippen LogP contribution in [0.2, 0.25) is 0 Å². The lowest BCUT2D eigenvalue weighted by molar-refractivity contribution is 0.0416. The summed E-state index contributed by atoms with van der Waals surface area (Å²) in [6, 6.07) is 0.771. The summed E-state index contributed by atoms with van der Waals surface area (Å²) >= 11 is 0. The largest absolute Gasteiger partial charge is 0.381 e. The highest BCUT2D eigenvalue weighted by molar-refractivity contribution is 4.76. The van der Waals surface area contributed by atoms with Gasteiger partial charge in [0.15, 0.2) is 0 Å². The molecule has 2 aliphatic rings. The van der Waals surface area contributed by atoms with Crippen LogP contribution in [0.4, 0.5) is 0 Å². The van der Waals surface area contributed by atoms with E-state index in [0.717, 1.165) is 25.2 Å². The van der Waals surface area contributed by atoms with Crippen molar-refractivity contribution in [2.75, 3.05) is 39.9 Å². The van der Waals surface area contributed by atoms with E-state index in [0.29, 0.717) is 0 Å². The molecule has 1 atom stereocenters. The van der Waals surface area contributed by atoms with Crippen LogP contribution < -0.4 is 5.32 Å². The van der Waals surface area contributed by atoms with Crippen molar-refractivity contribution in [3.8, 4) is 0 Å². The zero-order chi connectivity index (χ0) is 10.5. The van der Waals surface area contributed by atoms with Crippen molar-refractivity contribution in [3.05, 3.63) is 0 Å². The molecule has 1 unspecified atom stereocenters. The van der Waals surface area contributed by atoms with Gasteiger partial charge in [-0.25, -0.2) is 0 Å². The third-order valence-corrected chi connectivity index (χ3v) is 3.87. The van der Waals surface area contributed by atoms with Crippen LogP contribution in [0.1, 0.15) is 25.7 Å². The normalized spacial score (nSPS) is 28.8. The predicted molar refractivity (Wildman–Crippen MR) is 62.1 cm³/mol. The zero-order valence-electron chi connectivity index (χ0n) is 9.87. The van der Waals surface area contributed by atoms with Crippen molar-refractivity contribution in [1.82, 2.24) is 10.2 Å². The first-order valence-electron chi connectivity index (χ1n) is 6.35. The van der Waals surface area contributed by atoms with Gasteiger partial charge in [0.2, 0.25) is 0 Å². The zero-order valence-corrected chi connectivity index (χ0v) is 9.87. The van der Waals surface area contributed by atoms with Crippen LogP contribution >= 0.6 is 0 Å². The summed E-state index contributed by atoms with van der Waals surface area (Å²) < 4.78 is 5.39. The number of nitrogens with zero attached hydrogens (tertiary/aromatic N) is 1. The van der Waals surface area contributed by atoms with Gasteiger partial charge in [0, 0.05) is 19.3 Å². The molecule has 2 rings (SSSR count). The molecule has 3 heteroatoms. The molecule has 1 N–H and O–H groups in total. The smallest absolute Gasteiger partial charge is 0.0480 e. The molecule has 15 heavy (non-hydrogen) atoms. The molecule has 0 spiro atoms. The van der Waals surface area contributed by atoms with Gasteiger partial charge >= 0.3 is 0 Å². The summed E-state index contributed by atoms with van der Waals surface area (Å²) in [6.07, 6.45) is 5.18. The number of hydrogen-bond acceptors (Lipinski definition) is 3. The van der Waals surface area contributed by atoms with Crippen molar-refractivity contribution in [1.29, 1.82) is 0 Å². The van der Waals surface area contributed by atoms with Crippen LogP contribution in [0.3, 0.4) is 0 Å². The molecule has 0 aromatic rings. The van der Waals surface area contributed by atoms with Gasteiger partial charge in [0.25, 0.3) is 0 Å². The minimum absolute atomic E-state index is 0.771. The van der Waals surface area contributed by atoms with Crippen molar-refractivity contribution in [3.63, 3.8) is 0 Å². The standard InChI is InChI=1S/C12H24N2O/c1-14(12-4-8-15-9-5-12)7-3-11-2-6-13-10-11/h11-13H,2-10H2,1H3. The second-order valence-corrected chi connectivity index (χ2v) is 4.97. The third-order valence-electron chi connectivity index (χ3n) is 3.87. The van der Waals surface area contributed by atoms with Crippen LogP contribution in [-0.4, -0.2) is 50.8 Å². The summed E-state index contributed by atoms with van der Waals surface area (Å²) in [6.45, 7) is 5.64. The molecule has 2 fully saturated rings. The second-order valence-electron chi connectivity index (χ2n) is 4.97. The Labute approximate surface area is 93.2 Å². The van der Waals surface area contributed by atoms with Crippen LogP contribution in [0.25, 0.3) is 0 Å². The summed E-state index contributed by atoms with van der Waals surface area (Å²) in [7, 11) is 2.28. The fourth-order valence-corrected chi connectivity index (χ4v) is 2.66. The Morgan fingerprint density at radius 1 is 1.27 bits per heavy atom. The predicted octanol–water partition coefficient (Wildman–Crippen LogP) is 1.10. The van der Waals surface area contributed by atoms with Crippen LogP contribution in [0, 0.1) is 5.92 Å². The molecule has 2 saturated heterocycles. The average molecular weight is 212 g/mol. The maximum Gasteiger partial charge on any atom is 0.0480 e. The molecule has 0 aromatic heterocycles. The average Bonchev–Trinajstić information content (AvgIpc) is 2.80. The van der Waals surface area contributed by atoms with Gasteiger partial charge in [-0.15, -0.1) is 0 Å². The van der Waals surface area contributed by atoms with Gasteiger partial charge in [0.1, 0.15) is 0 Å². The molecule has 88 valence electrons. The Morgan fingerprint density at radius 2 is 2.07 bits per heavy atom. The van der Waals surface area contributed by atoms with E-state index in [1.54, 1.807) is 0 Å². The highest BCUT2D eigenvalue weighted by Crippen LogP contribution is 2.16. The quantitative estimate of drug-likeness (QED) is 0.755. The van der Waals surface area contributed by atoms with Gasteiger partial charge in [-0.1, -0.05) is 0 Å². The lowest BCUT2D eigenvalue weighted by atomic mass is 10.0. The van der Waals surface area contributed by atoms with Gasteiger partial charge in [-0.05, 0) is 58.3 Å². The summed E-state index contributed by atoms with van der Waals surface area (Å²) in [5.41, 5.74) is 0. The van der Waals surface area contributed by atoms with Gasteiger partial charge < -0.3 is 15.0 Å². The van der Waals surface area contributed by atoms with E-state index in [2.05, 4.69) is 17.3 Å². The van der Waals surface area contributed by atoms with Gasteiger partial charge in [-0.2, -0.15) is 0 Å². The minimum Gasteiger partial charge on any atom is -0.381 e. The first kappa shape index (κ1) is 11.4. The van der Waals surface area contributed by atoms with E-state index in [4.69, 9.17) is 4.74 Å². The molecule has 0 amide bonds. The van der Waals surface area contributed by atoms with Crippen molar-refractivity contribution < 1.29 is 4.74 Å². The molecule has 0 saturated carbocycles. The maximum absolute atomic E-state index is 5.39. The SMILES string of the molecule is CN(CCC1CCNC1)C1CCOCC1. The maximum atomic E-state index is 5.39. The topological polar surface area (TPSA) is 24.5 Å². The second kappa shape index (κ2) is 5.83. The Morgan fingerprint density at radius 3 is 2.73 bits per heavy atom. The van der Waals surface area contributed by atoms with E-state index in [1.807, 2.05) is 0 Å². The Hall–Kier alpha value is -0.120. The van der Waals surface area contributed by atoms with E-state index < -0.39 is 0 Å². The first-order valence-corrected chi connectivity index (χ1v) is 6.35. The monoisotopic (exact) mass is 212 g/mol. The highest BCUT2D eigenvalue weighted by Gasteiger charge is 2.20. The van der Waals surface area contributed by atoms with Crippen LogP contribution in [0.15, 0.2) is 0 Å². The lowest BCUT2D eigenvalue weighted by Crippen LogP contribution is -2.37. The molecular formula is C12H24N2O. The van der Waals surface area contributed by atoms with Crippen molar-refractivity contribution in [2.45, 2.75) is 31.7 Å². The molecule has 0 aromatic carbocycles. The number of rotatable bonds is 4. The van der Waals surface area contributed by atoms with Crippen molar-refractivity contribution >= 4 is 0 Å². The van der Waals surface area contributed by atoms with Crippen LogP contribution in [0.5, 0.6) is 0 Å². The Balaban J connectivity index is 1.64. The summed E-state index contributed by atoms with van der Waals surface area (Å²) in [5.74, 6) is 0.923. The first-order chi connectivity index (χ1) is 7.36. The third kappa shape index (κ3) is 3.44. The fraction of sp³-hybridized carbons (Fsp3) is 1.00. The van der Waals surface area contributed by atoms with E-state index in [9.17, 15) is 0 Å². The molecule has 0 radical (unpaired) electrons. The number of nitrogens with one attached hydrogen (secondary N) is 1. The minimum atomic E-state index is 0.771. The molecule has 3 nitrogen and oxygen atoms in total. The lowest BCUT2D eigenvalue weighted by Gasteiger charge is -2.31. The van der Waals surface area contributed by atoms with E-state index in [-0.39, 0.29) is 0 Å². The van der Waals surface area contributed by atoms with Gasteiger partial charge in [-0.3, -0.25) is 0 Å². The Bertz CT molecular complexity index is 174. The summed E-state index contributed by atoms with van der Waals surface area (Å²) in [4.78, 5) is 2.54. The Kier molecular flexibility index (Phi) is 4.42.